The first-order valence-electron chi connectivity index (χ1n) is 4.63. The third kappa shape index (κ3) is 2.45. The van der Waals surface area contributed by atoms with E-state index in [4.69, 9.17) is 5.14 Å². The van der Waals surface area contributed by atoms with Gasteiger partial charge in [-0.2, -0.15) is 4.68 Å². The summed E-state index contributed by atoms with van der Waals surface area (Å²) >= 11 is 0. The zero-order valence-corrected chi connectivity index (χ0v) is 10.0. The van der Waals surface area contributed by atoms with E-state index in [1.54, 1.807) is 19.9 Å². The predicted octanol–water partition coefficient (Wildman–Crippen LogP) is -0.678. The second-order valence-corrected chi connectivity index (χ2v) is 4.92. The van der Waals surface area contributed by atoms with Crippen LogP contribution in [0.5, 0.6) is 0 Å². The normalized spacial score (nSPS) is 11.7. The van der Waals surface area contributed by atoms with Crippen molar-refractivity contribution in [2.45, 2.75) is 19.0 Å². The first-order chi connectivity index (χ1) is 7.86. The molecule has 0 bridgehead atoms. The average Bonchev–Trinajstić information content (AvgIpc) is 2.63. The van der Waals surface area contributed by atoms with E-state index in [0.717, 1.165) is 11.4 Å². The molecule has 0 radical (unpaired) electrons. The molecular weight excluding hydrogens is 244 g/mol. The van der Waals surface area contributed by atoms with E-state index in [-0.39, 0.29) is 5.95 Å². The van der Waals surface area contributed by atoms with Gasteiger partial charge < -0.3 is 0 Å². The number of nitrogens with two attached hydrogens (primary N) is 1. The van der Waals surface area contributed by atoms with Gasteiger partial charge >= 0.3 is 0 Å². The van der Waals surface area contributed by atoms with E-state index in [9.17, 15) is 8.42 Å². The lowest BCUT2D eigenvalue weighted by molar-refractivity contribution is 0.587. The SMILES string of the molecule is Cc1cc(C)nc(-n2cnc(S(N)(=O)=O)n2)n1. The molecule has 2 heterocycles. The Morgan fingerprint density at radius 1 is 1.24 bits per heavy atom. The van der Waals surface area contributed by atoms with Crippen molar-refractivity contribution in [3.05, 3.63) is 23.8 Å². The molecule has 0 aromatic carbocycles. The summed E-state index contributed by atoms with van der Waals surface area (Å²) in [6, 6.07) is 1.79. The van der Waals surface area contributed by atoms with Crippen LogP contribution in [-0.2, 0) is 10.0 Å². The molecule has 0 fully saturated rings. The molecule has 0 amide bonds. The summed E-state index contributed by atoms with van der Waals surface area (Å²) in [5, 5.41) is 8.14. The fourth-order valence-electron chi connectivity index (χ4n) is 1.28. The summed E-state index contributed by atoms with van der Waals surface area (Å²) in [7, 11) is -3.91. The molecule has 2 N–H and O–H groups in total. The third-order valence-electron chi connectivity index (χ3n) is 1.90. The van der Waals surface area contributed by atoms with Crippen LogP contribution in [0.3, 0.4) is 0 Å². The molecule has 0 aliphatic rings. The zero-order chi connectivity index (χ0) is 12.6. The highest BCUT2D eigenvalue weighted by molar-refractivity contribution is 7.89. The highest BCUT2D eigenvalue weighted by Gasteiger charge is 2.15. The molecule has 2 aromatic heterocycles. The van der Waals surface area contributed by atoms with Crippen molar-refractivity contribution in [2.24, 2.45) is 5.14 Å². The number of nitrogens with zero attached hydrogens (tertiary/aromatic N) is 5. The van der Waals surface area contributed by atoms with Crippen LogP contribution >= 0.6 is 0 Å². The summed E-state index contributed by atoms with van der Waals surface area (Å²) < 4.78 is 23.2. The number of primary sulfonamides is 1. The van der Waals surface area contributed by atoms with E-state index >= 15 is 0 Å². The molecule has 9 heteroatoms. The van der Waals surface area contributed by atoms with Crippen LogP contribution in [0.1, 0.15) is 11.4 Å². The molecule has 0 aliphatic carbocycles. The summed E-state index contributed by atoms with van der Waals surface area (Å²) in [5.41, 5.74) is 1.50. The Kier molecular flexibility index (Phi) is 2.63. The fraction of sp³-hybridized carbons (Fsp3) is 0.250. The van der Waals surface area contributed by atoms with Crippen molar-refractivity contribution in [2.75, 3.05) is 0 Å². The maximum absolute atomic E-state index is 11.0. The number of hydrogen-bond donors (Lipinski definition) is 1. The van der Waals surface area contributed by atoms with E-state index in [2.05, 4.69) is 20.1 Å². The maximum Gasteiger partial charge on any atom is 0.282 e. The maximum atomic E-state index is 11.0. The Morgan fingerprint density at radius 3 is 2.29 bits per heavy atom. The Labute approximate surface area is 97.6 Å². The summed E-state index contributed by atoms with van der Waals surface area (Å²) in [5.74, 6) is 0.255. The smallest absolute Gasteiger partial charge is 0.222 e. The van der Waals surface area contributed by atoms with E-state index in [0.29, 0.717) is 0 Å². The highest BCUT2D eigenvalue weighted by atomic mass is 32.2. The Morgan fingerprint density at radius 2 is 1.82 bits per heavy atom. The topological polar surface area (TPSA) is 117 Å². The minimum absolute atomic E-state index is 0.255. The average molecular weight is 254 g/mol. The molecule has 0 aliphatic heterocycles. The number of aryl methyl sites for hydroxylation is 2. The van der Waals surface area contributed by atoms with Crippen molar-refractivity contribution in [3.63, 3.8) is 0 Å². The van der Waals surface area contributed by atoms with E-state index in [1.165, 1.54) is 11.0 Å². The summed E-state index contributed by atoms with van der Waals surface area (Å²) in [4.78, 5) is 11.8. The van der Waals surface area contributed by atoms with E-state index in [1.807, 2.05) is 0 Å². The molecule has 0 unspecified atom stereocenters. The van der Waals surface area contributed by atoms with Crippen LogP contribution in [0, 0.1) is 13.8 Å². The van der Waals surface area contributed by atoms with Gasteiger partial charge in [0, 0.05) is 11.4 Å². The lowest BCUT2D eigenvalue weighted by Crippen LogP contribution is -2.14. The van der Waals surface area contributed by atoms with Crippen molar-refractivity contribution < 1.29 is 8.42 Å². The molecule has 2 aromatic rings. The van der Waals surface area contributed by atoms with Gasteiger partial charge in [0.05, 0.1) is 0 Å². The molecule has 90 valence electrons. The van der Waals surface area contributed by atoms with Crippen molar-refractivity contribution in [1.29, 1.82) is 0 Å². The number of hydrogen-bond acceptors (Lipinski definition) is 6. The first-order valence-corrected chi connectivity index (χ1v) is 6.18. The molecule has 8 nitrogen and oxygen atoms in total. The number of aromatic nitrogens is 5. The molecule has 0 spiro atoms. The van der Waals surface area contributed by atoms with Gasteiger partial charge in [0.25, 0.3) is 21.1 Å². The van der Waals surface area contributed by atoms with Crippen LogP contribution in [0.15, 0.2) is 17.6 Å². The van der Waals surface area contributed by atoms with Crippen molar-refractivity contribution in [3.8, 4) is 5.95 Å². The van der Waals surface area contributed by atoms with Crippen LogP contribution in [-0.4, -0.2) is 33.2 Å². The van der Waals surface area contributed by atoms with E-state index < -0.39 is 15.2 Å². The molecular formula is C8H10N6O2S. The monoisotopic (exact) mass is 254 g/mol. The number of sulfonamides is 1. The van der Waals surface area contributed by atoms with Gasteiger partial charge in [0.15, 0.2) is 0 Å². The Hall–Kier alpha value is -1.87. The molecule has 0 saturated carbocycles. The molecule has 2 rings (SSSR count). The van der Waals surface area contributed by atoms with Gasteiger partial charge in [-0.3, -0.25) is 0 Å². The van der Waals surface area contributed by atoms with Crippen molar-refractivity contribution >= 4 is 10.0 Å². The first kappa shape index (κ1) is 11.6. The second kappa shape index (κ2) is 3.86. The van der Waals surface area contributed by atoms with Gasteiger partial charge in [-0.1, -0.05) is 0 Å². The third-order valence-corrected chi connectivity index (χ3v) is 2.60. The van der Waals surface area contributed by atoms with Crippen LogP contribution in [0.4, 0.5) is 0 Å². The van der Waals surface area contributed by atoms with Gasteiger partial charge in [-0.25, -0.2) is 28.5 Å². The number of rotatable bonds is 2. The minimum Gasteiger partial charge on any atom is -0.222 e. The van der Waals surface area contributed by atoms with Crippen molar-refractivity contribution in [1.82, 2.24) is 24.7 Å². The fourth-order valence-corrected chi connectivity index (χ4v) is 1.68. The van der Waals surface area contributed by atoms with Crippen LogP contribution in [0.25, 0.3) is 5.95 Å². The summed E-state index contributed by atoms with van der Waals surface area (Å²) in [6.45, 7) is 3.60. The van der Waals surface area contributed by atoms with Crippen LogP contribution < -0.4 is 5.14 Å². The van der Waals surface area contributed by atoms with Gasteiger partial charge in [-0.15, -0.1) is 5.10 Å². The summed E-state index contributed by atoms with van der Waals surface area (Å²) in [6.07, 6.45) is 1.20. The van der Waals surface area contributed by atoms with Gasteiger partial charge in [0.2, 0.25) is 0 Å². The zero-order valence-electron chi connectivity index (χ0n) is 9.19. The standard InChI is InChI=1S/C8H10N6O2S/c1-5-3-6(2)12-7(11-5)14-4-10-8(13-14)17(9,15)16/h3-4H,1-2H3,(H2,9,15,16). The Bertz CT molecular complexity index is 642. The Balaban J connectivity index is 2.51. The van der Waals surface area contributed by atoms with Gasteiger partial charge in [-0.05, 0) is 19.9 Å². The molecule has 17 heavy (non-hydrogen) atoms. The second-order valence-electron chi connectivity index (χ2n) is 3.47. The quantitative estimate of drug-likeness (QED) is 0.759. The predicted molar refractivity (Wildman–Crippen MR) is 57.8 cm³/mol. The van der Waals surface area contributed by atoms with Gasteiger partial charge in [0.1, 0.15) is 6.33 Å². The largest absolute Gasteiger partial charge is 0.282 e. The molecule has 0 atom stereocenters. The molecule has 0 saturated heterocycles. The van der Waals surface area contributed by atoms with Crippen LogP contribution in [0.2, 0.25) is 0 Å². The highest BCUT2D eigenvalue weighted by Crippen LogP contribution is 2.05. The lowest BCUT2D eigenvalue weighted by Gasteiger charge is -2.01. The minimum atomic E-state index is -3.91. The lowest BCUT2D eigenvalue weighted by atomic mass is 10.4.